The van der Waals surface area contributed by atoms with Crippen molar-refractivity contribution in [3.63, 3.8) is 0 Å². The standard InChI is InChI=1S/C21H21F3N6O/c1-12(31)20(6-9-26-10-7-20)18-29-16(13-3-2-4-14(11-13)21(22,23)24)17(30-18)15-5-8-27-19(25)28-15/h2-5,8,11,26H,6-7,9-10H2,1H3,(H,29,30)(H2,25,27,28). The highest BCUT2D eigenvalue weighted by molar-refractivity contribution is 5.88. The Kier molecular flexibility index (Phi) is 5.26. The molecule has 0 unspecified atom stereocenters. The molecule has 7 nitrogen and oxygen atoms in total. The van der Waals surface area contributed by atoms with Crippen LogP contribution in [0.15, 0.2) is 36.5 Å². The molecule has 2 aromatic heterocycles. The minimum absolute atomic E-state index is 0.0202. The van der Waals surface area contributed by atoms with E-state index in [2.05, 4.69) is 25.3 Å². The number of aromatic nitrogens is 4. The van der Waals surface area contributed by atoms with E-state index in [1.807, 2.05) is 0 Å². The molecule has 10 heteroatoms. The molecule has 4 rings (SSSR count). The lowest BCUT2D eigenvalue weighted by molar-refractivity contribution is -0.137. The summed E-state index contributed by atoms with van der Waals surface area (Å²) in [5.74, 6) is 0.389. The van der Waals surface area contributed by atoms with Gasteiger partial charge in [0.1, 0.15) is 11.6 Å². The number of nitrogens with zero attached hydrogens (tertiary/aromatic N) is 3. The number of nitrogens with one attached hydrogen (secondary N) is 2. The molecule has 1 aromatic carbocycles. The second-order valence-electron chi connectivity index (χ2n) is 7.58. The fourth-order valence-electron chi connectivity index (χ4n) is 3.96. The lowest BCUT2D eigenvalue weighted by Crippen LogP contribution is -2.45. The molecule has 0 aliphatic carbocycles. The number of carbonyl (C=O) groups is 1. The smallest absolute Gasteiger partial charge is 0.368 e. The van der Waals surface area contributed by atoms with E-state index >= 15 is 0 Å². The number of H-pyrrole nitrogens is 1. The first-order valence-electron chi connectivity index (χ1n) is 9.79. The maximum atomic E-state index is 13.3. The Morgan fingerprint density at radius 2 is 1.90 bits per heavy atom. The van der Waals surface area contributed by atoms with E-state index in [4.69, 9.17) is 5.73 Å². The van der Waals surface area contributed by atoms with Crippen molar-refractivity contribution in [1.82, 2.24) is 25.3 Å². The molecule has 0 spiro atoms. The molecule has 4 N–H and O–H groups in total. The molecule has 0 bridgehead atoms. The van der Waals surface area contributed by atoms with Gasteiger partial charge in [0.2, 0.25) is 5.95 Å². The normalized spacial score (nSPS) is 16.3. The van der Waals surface area contributed by atoms with E-state index in [1.165, 1.54) is 19.2 Å². The number of ketones is 1. The largest absolute Gasteiger partial charge is 0.416 e. The van der Waals surface area contributed by atoms with E-state index in [0.29, 0.717) is 43.1 Å². The van der Waals surface area contributed by atoms with Crippen molar-refractivity contribution >= 4 is 11.7 Å². The van der Waals surface area contributed by atoms with Crippen LogP contribution in [0.2, 0.25) is 0 Å². The highest BCUT2D eigenvalue weighted by Gasteiger charge is 2.42. The molecule has 0 amide bonds. The Bertz CT molecular complexity index is 1120. The second kappa shape index (κ2) is 7.77. The average molecular weight is 430 g/mol. The van der Waals surface area contributed by atoms with Gasteiger partial charge in [-0.05, 0) is 51.1 Å². The number of piperidine rings is 1. The van der Waals surface area contributed by atoms with Gasteiger partial charge in [-0.25, -0.2) is 15.0 Å². The van der Waals surface area contributed by atoms with Crippen molar-refractivity contribution in [3.05, 3.63) is 47.9 Å². The van der Waals surface area contributed by atoms with Gasteiger partial charge in [-0.15, -0.1) is 0 Å². The maximum Gasteiger partial charge on any atom is 0.416 e. The van der Waals surface area contributed by atoms with Crippen LogP contribution in [0, 0.1) is 0 Å². The lowest BCUT2D eigenvalue weighted by atomic mass is 9.75. The van der Waals surface area contributed by atoms with Crippen LogP contribution in [0.1, 0.15) is 31.2 Å². The fraction of sp³-hybridized carbons (Fsp3) is 0.333. The van der Waals surface area contributed by atoms with Gasteiger partial charge in [0.25, 0.3) is 0 Å². The number of nitrogens with two attached hydrogens (primary N) is 1. The van der Waals surface area contributed by atoms with Crippen molar-refractivity contribution < 1.29 is 18.0 Å². The van der Waals surface area contributed by atoms with Crippen LogP contribution in [-0.2, 0) is 16.4 Å². The first kappa shape index (κ1) is 21.0. The van der Waals surface area contributed by atoms with Gasteiger partial charge in [0, 0.05) is 11.8 Å². The quantitative estimate of drug-likeness (QED) is 0.586. The van der Waals surface area contributed by atoms with Crippen molar-refractivity contribution in [3.8, 4) is 22.6 Å². The molecule has 3 aromatic rings. The van der Waals surface area contributed by atoms with Crippen LogP contribution in [0.4, 0.5) is 19.1 Å². The summed E-state index contributed by atoms with van der Waals surface area (Å²) >= 11 is 0. The topological polar surface area (TPSA) is 110 Å². The van der Waals surface area contributed by atoms with E-state index in [1.54, 1.807) is 12.1 Å². The number of rotatable bonds is 4. The van der Waals surface area contributed by atoms with Crippen LogP contribution in [0.5, 0.6) is 0 Å². The molecule has 1 saturated heterocycles. The zero-order chi connectivity index (χ0) is 22.2. The Labute approximate surface area is 176 Å². The number of imidazole rings is 1. The van der Waals surface area contributed by atoms with Crippen LogP contribution >= 0.6 is 0 Å². The minimum atomic E-state index is -4.50. The van der Waals surface area contributed by atoms with Gasteiger partial charge < -0.3 is 16.0 Å². The van der Waals surface area contributed by atoms with E-state index in [-0.39, 0.29) is 23.0 Å². The lowest BCUT2D eigenvalue weighted by Gasteiger charge is -2.33. The predicted octanol–water partition coefficient (Wildman–Crippen LogP) is 3.34. The number of alkyl halides is 3. The number of Topliss-reactive ketones (excluding diaryl/α,β-unsaturated/α-hetero) is 1. The highest BCUT2D eigenvalue weighted by atomic mass is 19.4. The third kappa shape index (κ3) is 3.90. The fourth-order valence-corrected chi connectivity index (χ4v) is 3.96. The molecule has 0 saturated carbocycles. The monoisotopic (exact) mass is 430 g/mol. The number of carbonyl (C=O) groups excluding carboxylic acids is 1. The summed E-state index contributed by atoms with van der Waals surface area (Å²) in [4.78, 5) is 28.6. The molecule has 0 atom stereocenters. The van der Waals surface area contributed by atoms with Crippen LogP contribution in [0.3, 0.4) is 0 Å². The zero-order valence-corrected chi connectivity index (χ0v) is 16.8. The number of benzene rings is 1. The SMILES string of the molecule is CC(=O)C1(c2nc(-c3cccc(C(F)(F)F)c3)c(-c3ccnc(N)n3)[nH]2)CCNCC1. The second-order valence-corrected chi connectivity index (χ2v) is 7.58. The summed E-state index contributed by atoms with van der Waals surface area (Å²) in [5.41, 5.74) is 5.40. The maximum absolute atomic E-state index is 13.3. The molecule has 1 aliphatic rings. The predicted molar refractivity (Wildman–Crippen MR) is 109 cm³/mol. The molecular weight excluding hydrogens is 409 g/mol. The number of aromatic amines is 1. The first-order chi connectivity index (χ1) is 14.7. The number of hydrogen-bond donors (Lipinski definition) is 3. The van der Waals surface area contributed by atoms with Crippen LogP contribution < -0.4 is 11.1 Å². The van der Waals surface area contributed by atoms with Gasteiger partial charge >= 0.3 is 6.18 Å². The third-order valence-corrected chi connectivity index (χ3v) is 5.68. The summed E-state index contributed by atoms with van der Waals surface area (Å²) in [7, 11) is 0. The van der Waals surface area contributed by atoms with Crippen molar-refractivity contribution in [2.75, 3.05) is 18.8 Å². The Morgan fingerprint density at radius 1 is 1.16 bits per heavy atom. The first-order valence-corrected chi connectivity index (χ1v) is 9.79. The van der Waals surface area contributed by atoms with Crippen molar-refractivity contribution in [1.29, 1.82) is 0 Å². The van der Waals surface area contributed by atoms with Gasteiger partial charge in [0.15, 0.2) is 0 Å². The molecule has 1 aliphatic heterocycles. The number of halogens is 3. The minimum Gasteiger partial charge on any atom is -0.368 e. The molecule has 3 heterocycles. The summed E-state index contributed by atoms with van der Waals surface area (Å²) in [5, 5.41) is 3.22. The van der Waals surface area contributed by atoms with Crippen molar-refractivity contribution in [2.45, 2.75) is 31.4 Å². The molecule has 1 fully saturated rings. The number of hydrogen-bond acceptors (Lipinski definition) is 6. The zero-order valence-electron chi connectivity index (χ0n) is 16.8. The summed E-state index contributed by atoms with van der Waals surface area (Å²) < 4.78 is 39.9. The molecular formula is C21H21F3N6O. The number of anilines is 1. The Morgan fingerprint density at radius 3 is 2.55 bits per heavy atom. The third-order valence-electron chi connectivity index (χ3n) is 5.68. The molecule has 31 heavy (non-hydrogen) atoms. The Hall–Kier alpha value is -3.27. The summed E-state index contributed by atoms with van der Waals surface area (Å²) in [6.07, 6.45) is -1.98. The van der Waals surface area contributed by atoms with E-state index < -0.39 is 17.2 Å². The highest BCUT2D eigenvalue weighted by Crippen LogP contribution is 2.39. The molecule has 162 valence electrons. The molecule has 0 radical (unpaired) electrons. The van der Waals surface area contributed by atoms with Gasteiger partial charge in [0.05, 0.1) is 28.1 Å². The summed E-state index contributed by atoms with van der Waals surface area (Å²) in [6.45, 7) is 2.78. The van der Waals surface area contributed by atoms with Crippen LogP contribution in [0.25, 0.3) is 22.6 Å². The Balaban J connectivity index is 1.93. The van der Waals surface area contributed by atoms with E-state index in [9.17, 15) is 18.0 Å². The van der Waals surface area contributed by atoms with Gasteiger partial charge in [-0.2, -0.15) is 13.2 Å². The van der Waals surface area contributed by atoms with E-state index in [0.717, 1.165) is 12.1 Å². The van der Waals surface area contributed by atoms with Crippen molar-refractivity contribution in [2.24, 2.45) is 0 Å². The average Bonchev–Trinajstić information content (AvgIpc) is 3.20. The number of nitrogen functional groups attached to an aromatic ring is 1. The van der Waals surface area contributed by atoms with Gasteiger partial charge in [-0.1, -0.05) is 12.1 Å². The summed E-state index contributed by atoms with van der Waals surface area (Å²) in [6, 6.07) is 6.51. The van der Waals surface area contributed by atoms with Gasteiger partial charge in [-0.3, -0.25) is 4.79 Å². The van der Waals surface area contributed by atoms with Crippen LogP contribution in [-0.4, -0.2) is 38.8 Å².